The van der Waals surface area contributed by atoms with E-state index in [0.29, 0.717) is 12.4 Å². The van der Waals surface area contributed by atoms with E-state index in [2.05, 4.69) is 26.7 Å². The fourth-order valence-electron chi connectivity index (χ4n) is 4.18. The van der Waals surface area contributed by atoms with Gasteiger partial charge in [0.1, 0.15) is 17.3 Å². The van der Waals surface area contributed by atoms with E-state index in [0.717, 1.165) is 49.8 Å². The number of anilines is 1. The van der Waals surface area contributed by atoms with Crippen molar-refractivity contribution in [2.24, 2.45) is 0 Å². The molecule has 1 fully saturated rings. The van der Waals surface area contributed by atoms with Gasteiger partial charge in [0.05, 0.1) is 30.9 Å². The normalized spacial score (nSPS) is 15.7. The third-order valence-corrected chi connectivity index (χ3v) is 7.58. The number of nitrogens with one attached hydrogen (secondary N) is 1. The molecule has 188 valence electrons. The van der Waals surface area contributed by atoms with Crippen molar-refractivity contribution in [3.8, 4) is 11.5 Å². The summed E-state index contributed by atoms with van der Waals surface area (Å²) in [5, 5.41) is 0. The zero-order chi connectivity index (χ0) is 24.7. The van der Waals surface area contributed by atoms with Crippen molar-refractivity contribution in [1.29, 1.82) is 0 Å². The minimum atomic E-state index is -3.68. The Morgan fingerprint density at radius 2 is 1.66 bits per heavy atom. The van der Waals surface area contributed by atoms with E-state index in [1.807, 2.05) is 31.2 Å². The molecule has 35 heavy (non-hydrogen) atoms. The Morgan fingerprint density at radius 1 is 0.971 bits per heavy atom. The van der Waals surface area contributed by atoms with Crippen molar-refractivity contribution < 1.29 is 22.3 Å². The number of sulfonamides is 1. The molecule has 0 bridgehead atoms. The lowest BCUT2D eigenvalue weighted by atomic mass is 10.1. The van der Waals surface area contributed by atoms with E-state index < -0.39 is 10.0 Å². The van der Waals surface area contributed by atoms with Crippen molar-refractivity contribution in [3.05, 3.63) is 72.7 Å². The van der Waals surface area contributed by atoms with Crippen LogP contribution in [0.4, 0.5) is 5.69 Å². The van der Waals surface area contributed by atoms with Crippen LogP contribution in [0.15, 0.2) is 76.2 Å². The monoisotopic (exact) mass is 499 g/mol. The number of ether oxygens (including phenoxy) is 2. The summed E-state index contributed by atoms with van der Waals surface area (Å²) in [7, 11) is -2.02. The summed E-state index contributed by atoms with van der Waals surface area (Å²) < 4.78 is 45.3. The first-order valence-corrected chi connectivity index (χ1v) is 13.4. The molecular formula is C26H33N3O5S. The number of methoxy groups -OCH3 is 1. The molecule has 0 aliphatic carbocycles. The van der Waals surface area contributed by atoms with Crippen LogP contribution in [0.3, 0.4) is 0 Å². The fraction of sp³-hybridized carbons (Fsp3) is 0.385. The Morgan fingerprint density at radius 3 is 2.26 bits per heavy atom. The third-order valence-electron chi connectivity index (χ3n) is 6.14. The van der Waals surface area contributed by atoms with E-state index in [1.54, 1.807) is 37.6 Å². The average molecular weight is 500 g/mol. The van der Waals surface area contributed by atoms with Gasteiger partial charge in [-0.15, -0.1) is 0 Å². The number of hydrogen-bond donors (Lipinski definition) is 1. The summed E-state index contributed by atoms with van der Waals surface area (Å²) in [4.78, 5) is 4.80. The molecule has 1 atom stereocenters. The minimum absolute atomic E-state index is 0.204. The third kappa shape index (κ3) is 6.36. The van der Waals surface area contributed by atoms with Gasteiger partial charge in [0.25, 0.3) is 0 Å². The average Bonchev–Trinajstić information content (AvgIpc) is 3.43. The SMILES string of the molecule is CCCOc1ccc(S(=O)(=O)NCC(c2ccco2)N2CCN(c3ccc(OC)cc3)CC2)cc1. The Balaban J connectivity index is 1.40. The molecule has 3 aromatic rings. The number of hydrogen-bond acceptors (Lipinski definition) is 7. The van der Waals surface area contributed by atoms with Crippen LogP contribution in [0.5, 0.6) is 11.5 Å². The molecular weight excluding hydrogens is 466 g/mol. The molecule has 9 heteroatoms. The second-order valence-corrected chi connectivity index (χ2v) is 10.2. The molecule has 1 aromatic heterocycles. The van der Waals surface area contributed by atoms with Crippen molar-refractivity contribution >= 4 is 15.7 Å². The zero-order valence-corrected chi connectivity index (χ0v) is 21.0. The van der Waals surface area contributed by atoms with Gasteiger partial charge in [-0.1, -0.05) is 6.92 Å². The highest BCUT2D eigenvalue weighted by molar-refractivity contribution is 7.89. The van der Waals surface area contributed by atoms with Crippen molar-refractivity contribution in [2.45, 2.75) is 24.3 Å². The van der Waals surface area contributed by atoms with Gasteiger partial charge in [0.15, 0.2) is 0 Å². The Bertz CT molecular complexity index is 1140. The molecule has 0 spiro atoms. The molecule has 1 saturated heterocycles. The van der Waals surface area contributed by atoms with Crippen molar-refractivity contribution in [2.75, 3.05) is 51.3 Å². The molecule has 4 rings (SSSR count). The summed E-state index contributed by atoms with van der Waals surface area (Å²) in [6.07, 6.45) is 2.52. The van der Waals surface area contributed by atoms with Crippen LogP contribution in [-0.2, 0) is 10.0 Å². The van der Waals surface area contributed by atoms with Gasteiger partial charge in [0, 0.05) is 38.4 Å². The second kappa shape index (κ2) is 11.6. The maximum absolute atomic E-state index is 13.0. The van der Waals surface area contributed by atoms with E-state index in [4.69, 9.17) is 13.9 Å². The maximum atomic E-state index is 13.0. The van der Waals surface area contributed by atoms with Crippen LogP contribution >= 0.6 is 0 Å². The molecule has 2 heterocycles. The maximum Gasteiger partial charge on any atom is 0.240 e. The Hall–Kier alpha value is -3.01. The highest BCUT2D eigenvalue weighted by atomic mass is 32.2. The van der Waals surface area contributed by atoms with Crippen LogP contribution in [0.25, 0.3) is 0 Å². The largest absolute Gasteiger partial charge is 0.497 e. The van der Waals surface area contributed by atoms with Crippen LogP contribution in [0, 0.1) is 0 Å². The fourth-order valence-corrected chi connectivity index (χ4v) is 5.22. The van der Waals surface area contributed by atoms with E-state index in [9.17, 15) is 8.42 Å². The number of rotatable bonds is 11. The summed E-state index contributed by atoms with van der Waals surface area (Å²) in [6.45, 7) is 6.06. The number of piperazine rings is 1. The van der Waals surface area contributed by atoms with Gasteiger partial charge in [0.2, 0.25) is 10.0 Å². The van der Waals surface area contributed by atoms with Crippen molar-refractivity contribution in [3.63, 3.8) is 0 Å². The standard InChI is InChI=1S/C26H33N3O5S/c1-3-18-33-23-10-12-24(13-11-23)35(30,31)27-20-25(26-5-4-19-34-26)29-16-14-28(15-17-29)21-6-8-22(32-2)9-7-21/h4-13,19,25,27H,3,14-18,20H2,1-2H3. The first-order valence-electron chi connectivity index (χ1n) is 11.9. The number of nitrogens with zero attached hydrogens (tertiary/aromatic N) is 2. The predicted molar refractivity (Wildman–Crippen MR) is 136 cm³/mol. The van der Waals surface area contributed by atoms with Gasteiger partial charge >= 0.3 is 0 Å². The van der Waals surface area contributed by atoms with E-state index in [-0.39, 0.29) is 17.5 Å². The van der Waals surface area contributed by atoms with Crippen LogP contribution in [-0.4, -0.2) is 59.8 Å². The van der Waals surface area contributed by atoms with Crippen molar-refractivity contribution in [1.82, 2.24) is 9.62 Å². The highest BCUT2D eigenvalue weighted by Crippen LogP contribution is 2.26. The number of furan rings is 1. The molecule has 2 aromatic carbocycles. The Kier molecular flexibility index (Phi) is 8.33. The quantitative estimate of drug-likeness (QED) is 0.428. The van der Waals surface area contributed by atoms with Gasteiger partial charge in [-0.3, -0.25) is 4.90 Å². The highest BCUT2D eigenvalue weighted by Gasteiger charge is 2.28. The molecule has 0 radical (unpaired) electrons. The summed E-state index contributed by atoms with van der Waals surface area (Å²) in [6, 6.07) is 18.1. The van der Waals surface area contributed by atoms with Crippen LogP contribution in [0.2, 0.25) is 0 Å². The lowest BCUT2D eigenvalue weighted by molar-refractivity contribution is 0.166. The molecule has 1 aliphatic heterocycles. The first-order chi connectivity index (χ1) is 17.0. The zero-order valence-electron chi connectivity index (χ0n) is 20.2. The second-order valence-electron chi connectivity index (χ2n) is 8.42. The van der Waals surface area contributed by atoms with Gasteiger partial charge in [-0.2, -0.15) is 0 Å². The number of benzene rings is 2. The van der Waals surface area contributed by atoms with Crippen LogP contribution < -0.4 is 19.1 Å². The summed E-state index contributed by atoms with van der Waals surface area (Å²) in [5.41, 5.74) is 1.15. The molecule has 0 saturated carbocycles. The molecule has 0 amide bonds. The predicted octanol–water partition coefficient (Wildman–Crippen LogP) is 3.92. The van der Waals surface area contributed by atoms with E-state index >= 15 is 0 Å². The molecule has 1 unspecified atom stereocenters. The topological polar surface area (TPSA) is 84.2 Å². The van der Waals surface area contributed by atoms with E-state index in [1.165, 1.54) is 0 Å². The van der Waals surface area contributed by atoms with Gasteiger partial charge < -0.3 is 18.8 Å². The lowest BCUT2D eigenvalue weighted by Gasteiger charge is -2.39. The first kappa shape index (κ1) is 25.1. The molecule has 8 nitrogen and oxygen atoms in total. The van der Waals surface area contributed by atoms with Gasteiger partial charge in [-0.25, -0.2) is 13.1 Å². The smallest absolute Gasteiger partial charge is 0.240 e. The molecule has 1 N–H and O–H groups in total. The molecule has 1 aliphatic rings. The summed E-state index contributed by atoms with van der Waals surface area (Å²) in [5.74, 6) is 2.24. The minimum Gasteiger partial charge on any atom is -0.497 e. The van der Waals surface area contributed by atoms with Gasteiger partial charge in [-0.05, 0) is 67.1 Å². The van der Waals surface area contributed by atoms with Crippen LogP contribution in [0.1, 0.15) is 25.1 Å². The summed E-state index contributed by atoms with van der Waals surface area (Å²) >= 11 is 0. The Labute approximate surface area is 207 Å². The lowest BCUT2D eigenvalue weighted by Crippen LogP contribution is -2.49.